The standard InChI is InChI=1S/C11H18OS/c1-10(2)6-9(10)7-11(8-12)4-3-5-13-11/h8-9H,3-7H2,1-2H3. The van der Waals surface area contributed by atoms with Crippen LogP contribution in [0.2, 0.25) is 0 Å². The lowest BCUT2D eigenvalue weighted by atomic mass is 9.95. The normalized spacial score (nSPS) is 41.8. The van der Waals surface area contributed by atoms with E-state index in [1.807, 2.05) is 11.8 Å². The summed E-state index contributed by atoms with van der Waals surface area (Å²) >= 11 is 1.89. The molecule has 0 amide bonds. The van der Waals surface area contributed by atoms with Gasteiger partial charge in [0, 0.05) is 0 Å². The predicted octanol–water partition coefficient (Wildman–Crippen LogP) is 2.89. The van der Waals surface area contributed by atoms with Gasteiger partial charge in [0.1, 0.15) is 6.29 Å². The fraction of sp³-hybridized carbons (Fsp3) is 0.909. The van der Waals surface area contributed by atoms with E-state index in [1.165, 1.54) is 24.9 Å². The average Bonchev–Trinajstić information content (AvgIpc) is 2.52. The van der Waals surface area contributed by atoms with Gasteiger partial charge >= 0.3 is 0 Å². The summed E-state index contributed by atoms with van der Waals surface area (Å²) in [6, 6.07) is 0. The first-order chi connectivity index (χ1) is 6.08. The van der Waals surface area contributed by atoms with Crippen LogP contribution in [0.1, 0.15) is 39.5 Å². The third-order valence-corrected chi connectivity index (χ3v) is 5.19. The van der Waals surface area contributed by atoms with Crippen LogP contribution in [0.5, 0.6) is 0 Å². The molecule has 2 atom stereocenters. The molecule has 1 heterocycles. The van der Waals surface area contributed by atoms with Crippen molar-refractivity contribution in [1.82, 2.24) is 0 Å². The molecule has 1 aliphatic carbocycles. The maximum atomic E-state index is 11.1. The fourth-order valence-electron chi connectivity index (χ4n) is 2.36. The Bertz CT molecular complexity index is 216. The number of carbonyl (C=O) groups is 1. The largest absolute Gasteiger partial charge is 0.302 e. The Labute approximate surface area is 84.7 Å². The van der Waals surface area contributed by atoms with Crippen molar-refractivity contribution >= 4 is 18.0 Å². The molecule has 1 aliphatic heterocycles. The molecule has 2 fully saturated rings. The van der Waals surface area contributed by atoms with Crippen LogP contribution in [0, 0.1) is 11.3 Å². The van der Waals surface area contributed by atoms with E-state index in [-0.39, 0.29) is 4.75 Å². The summed E-state index contributed by atoms with van der Waals surface area (Å²) in [6.07, 6.45) is 6.03. The maximum absolute atomic E-state index is 11.1. The molecule has 2 heteroatoms. The highest BCUT2D eigenvalue weighted by Crippen LogP contribution is 2.58. The average molecular weight is 198 g/mol. The number of rotatable bonds is 3. The number of thioether (sulfide) groups is 1. The molecule has 0 aromatic carbocycles. The van der Waals surface area contributed by atoms with Gasteiger partial charge in [-0.15, -0.1) is 11.8 Å². The summed E-state index contributed by atoms with van der Waals surface area (Å²) in [6.45, 7) is 4.63. The Kier molecular flexibility index (Phi) is 2.22. The van der Waals surface area contributed by atoms with Crippen LogP contribution < -0.4 is 0 Å². The summed E-state index contributed by atoms with van der Waals surface area (Å²) in [7, 11) is 0. The summed E-state index contributed by atoms with van der Waals surface area (Å²) in [4.78, 5) is 11.1. The van der Waals surface area contributed by atoms with Crippen molar-refractivity contribution < 1.29 is 4.79 Å². The van der Waals surface area contributed by atoms with Gasteiger partial charge < -0.3 is 4.79 Å². The van der Waals surface area contributed by atoms with Crippen LogP contribution in [0.4, 0.5) is 0 Å². The van der Waals surface area contributed by atoms with Gasteiger partial charge in [0.25, 0.3) is 0 Å². The van der Waals surface area contributed by atoms with Gasteiger partial charge in [-0.1, -0.05) is 13.8 Å². The van der Waals surface area contributed by atoms with Crippen LogP contribution in [-0.2, 0) is 4.79 Å². The molecule has 1 saturated heterocycles. The molecule has 0 spiro atoms. The molecule has 2 unspecified atom stereocenters. The van der Waals surface area contributed by atoms with E-state index in [1.54, 1.807) is 0 Å². The summed E-state index contributed by atoms with van der Waals surface area (Å²) < 4.78 is 0.0123. The molecule has 13 heavy (non-hydrogen) atoms. The minimum Gasteiger partial charge on any atom is -0.302 e. The van der Waals surface area contributed by atoms with Gasteiger partial charge in [0.15, 0.2) is 0 Å². The molecule has 0 bridgehead atoms. The smallest absolute Gasteiger partial charge is 0.136 e. The molecule has 0 N–H and O–H groups in total. The quantitative estimate of drug-likeness (QED) is 0.649. The molecular formula is C11H18OS. The van der Waals surface area contributed by atoms with E-state index < -0.39 is 0 Å². The second-order valence-electron chi connectivity index (χ2n) is 5.23. The molecule has 0 aromatic rings. The number of aldehydes is 1. The Morgan fingerprint density at radius 2 is 2.23 bits per heavy atom. The first-order valence-corrected chi connectivity index (χ1v) is 6.17. The van der Waals surface area contributed by atoms with E-state index >= 15 is 0 Å². The summed E-state index contributed by atoms with van der Waals surface area (Å²) in [5, 5.41) is 0. The third-order valence-electron chi connectivity index (χ3n) is 3.66. The Morgan fingerprint density at radius 3 is 2.62 bits per heavy atom. The van der Waals surface area contributed by atoms with Gasteiger partial charge in [0.2, 0.25) is 0 Å². The van der Waals surface area contributed by atoms with Crippen molar-refractivity contribution in [2.75, 3.05) is 5.75 Å². The first kappa shape index (κ1) is 9.57. The van der Waals surface area contributed by atoms with E-state index in [9.17, 15) is 4.79 Å². The van der Waals surface area contributed by atoms with Gasteiger partial charge in [-0.3, -0.25) is 0 Å². The topological polar surface area (TPSA) is 17.1 Å². The summed E-state index contributed by atoms with van der Waals surface area (Å²) in [5.41, 5.74) is 0.527. The maximum Gasteiger partial charge on any atom is 0.136 e. The molecule has 74 valence electrons. The van der Waals surface area contributed by atoms with Gasteiger partial charge in [-0.25, -0.2) is 0 Å². The molecule has 0 aromatic heterocycles. The van der Waals surface area contributed by atoms with Crippen molar-refractivity contribution in [3.8, 4) is 0 Å². The fourth-order valence-corrected chi connectivity index (χ4v) is 3.73. The highest BCUT2D eigenvalue weighted by atomic mass is 32.2. The number of carbonyl (C=O) groups excluding carboxylic acids is 1. The van der Waals surface area contributed by atoms with Crippen molar-refractivity contribution in [3.05, 3.63) is 0 Å². The highest BCUT2D eigenvalue weighted by molar-refractivity contribution is 8.01. The van der Waals surface area contributed by atoms with Crippen molar-refractivity contribution in [2.45, 2.75) is 44.3 Å². The Hall–Kier alpha value is 0.0200. The predicted molar refractivity (Wildman–Crippen MR) is 57.0 cm³/mol. The minimum absolute atomic E-state index is 0.0123. The third kappa shape index (κ3) is 1.78. The zero-order valence-electron chi connectivity index (χ0n) is 8.51. The van der Waals surface area contributed by atoms with E-state index in [0.717, 1.165) is 18.8 Å². The lowest BCUT2D eigenvalue weighted by Gasteiger charge is -2.21. The number of hydrogen-bond donors (Lipinski definition) is 0. The van der Waals surface area contributed by atoms with Gasteiger partial charge in [-0.05, 0) is 42.8 Å². The van der Waals surface area contributed by atoms with Crippen LogP contribution in [-0.4, -0.2) is 16.8 Å². The SMILES string of the molecule is CC1(C)CC1CC1(C=O)CCCS1. The van der Waals surface area contributed by atoms with Crippen LogP contribution >= 0.6 is 11.8 Å². The zero-order chi connectivity index (χ0) is 9.53. The monoisotopic (exact) mass is 198 g/mol. The second-order valence-corrected chi connectivity index (χ2v) is 6.74. The molecule has 2 rings (SSSR count). The van der Waals surface area contributed by atoms with E-state index in [0.29, 0.717) is 5.41 Å². The van der Waals surface area contributed by atoms with Crippen LogP contribution in [0.3, 0.4) is 0 Å². The van der Waals surface area contributed by atoms with Crippen molar-refractivity contribution in [3.63, 3.8) is 0 Å². The lowest BCUT2D eigenvalue weighted by molar-refractivity contribution is -0.110. The van der Waals surface area contributed by atoms with Crippen LogP contribution in [0.15, 0.2) is 0 Å². The van der Waals surface area contributed by atoms with Crippen molar-refractivity contribution in [1.29, 1.82) is 0 Å². The Morgan fingerprint density at radius 1 is 1.54 bits per heavy atom. The highest BCUT2D eigenvalue weighted by Gasteiger charge is 2.50. The molecule has 1 nitrogen and oxygen atoms in total. The number of hydrogen-bond acceptors (Lipinski definition) is 2. The first-order valence-electron chi connectivity index (χ1n) is 5.18. The molecule has 0 radical (unpaired) electrons. The minimum atomic E-state index is 0.0123. The lowest BCUT2D eigenvalue weighted by Crippen LogP contribution is -2.24. The summed E-state index contributed by atoms with van der Waals surface area (Å²) in [5.74, 6) is 2.00. The zero-order valence-corrected chi connectivity index (χ0v) is 9.32. The second kappa shape index (κ2) is 3.01. The molecular weight excluding hydrogens is 180 g/mol. The van der Waals surface area contributed by atoms with E-state index in [4.69, 9.17) is 0 Å². The van der Waals surface area contributed by atoms with Gasteiger partial charge in [-0.2, -0.15) is 0 Å². The Balaban J connectivity index is 1.95. The van der Waals surface area contributed by atoms with Crippen LogP contribution in [0.25, 0.3) is 0 Å². The molecule has 2 aliphatic rings. The molecule has 1 saturated carbocycles. The van der Waals surface area contributed by atoms with Gasteiger partial charge in [0.05, 0.1) is 4.75 Å². The van der Waals surface area contributed by atoms with E-state index in [2.05, 4.69) is 13.8 Å². The van der Waals surface area contributed by atoms with Crippen molar-refractivity contribution in [2.24, 2.45) is 11.3 Å².